The molecule has 3 rings (SSSR count). The SMILES string of the molecule is CCOC(=O)C1=C(C)OC(N)=C(C#N)[C@@H]1c1cc2cccc(C)c2[nH]c1=O. The number of nitriles is 1. The molecular weight excluding hydrogens is 346 g/mol. The van der Waals surface area contributed by atoms with Gasteiger partial charge >= 0.3 is 5.97 Å². The average Bonchev–Trinajstić information content (AvgIpc) is 2.61. The van der Waals surface area contributed by atoms with Crippen molar-refractivity contribution in [3.63, 3.8) is 0 Å². The molecule has 27 heavy (non-hydrogen) atoms. The molecule has 1 aromatic carbocycles. The highest BCUT2D eigenvalue weighted by atomic mass is 16.5. The van der Waals surface area contributed by atoms with E-state index in [-0.39, 0.29) is 35.0 Å². The van der Waals surface area contributed by atoms with E-state index < -0.39 is 17.4 Å². The number of H-pyrrole nitrogens is 1. The van der Waals surface area contributed by atoms with Crippen LogP contribution in [0.5, 0.6) is 0 Å². The molecule has 1 atom stereocenters. The van der Waals surface area contributed by atoms with Crippen LogP contribution < -0.4 is 11.3 Å². The summed E-state index contributed by atoms with van der Waals surface area (Å²) < 4.78 is 10.5. The fraction of sp³-hybridized carbons (Fsp3) is 0.250. The molecule has 0 saturated carbocycles. The molecule has 0 radical (unpaired) electrons. The third-order valence-corrected chi connectivity index (χ3v) is 4.53. The molecule has 2 aromatic rings. The number of benzene rings is 1. The predicted molar refractivity (Wildman–Crippen MR) is 99.3 cm³/mol. The first kappa shape index (κ1) is 18.3. The van der Waals surface area contributed by atoms with Crippen LogP contribution >= 0.6 is 0 Å². The number of nitrogens with zero attached hydrogens (tertiary/aromatic N) is 1. The van der Waals surface area contributed by atoms with Crippen molar-refractivity contribution < 1.29 is 14.3 Å². The Bertz CT molecular complexity index is 1100. The van der Waals surface area contributed by atoms with Crippen LogP contribution in [0.2, 0.25) is 0 Å². The Kier molecular flexibility index (Phi) is 4.74. The van der Waals surface area contributed by atoms with Gasteiger partial charge in [0.2, 0.25) is 5.88 Å². The van der Waals surface area contributed by atoms with Gasteiger partial charge in [-0.1, -0.05) is 18.2 Å². The molecule has 0 unspecified atom stereocenters. The second-order valence-electron chi connectivity index (χ2n) is 6.21. The molecule has 1 aromatic heterocycles. The van der Waals surface area contributed by atoms with E-state index in [0.29, 0.717) is 5.52 Å². The van der Waals surface area contributed by atoms with Gasteiger partial charge in [-0.05, 0) is 37.8 Å². The van der Waals surface area contributed by atoms with Gasteiger partial charge in [-0.25, -0.2) is 4.79 Å². The lowest BCUT2D eigenvalue weighted by Crippen LogP contribution is -2.29. The number of aryl methyl sites for hydroxylation is 1. The first-order valence-electron chi connectivity index (χ1n) is 8.47. The molecule has 0 fully saturated rings. The third-order valence-electron chi connectivity index (χ3n) is 4.53. The van der Waals surface area contributed by atoms with Gasteiger partial charge in [0.1, 0.15) is 17.4 Å². The molecule has 3 N–H and O–H groups in total. The van der Waals surface area contributed by atoms with Crippen LogP contribution in [-0.4, -0.2) is 17.6 Å². The lowest BCUT2D eigenvalue weighted by Gasteiger charge is -2.26. The molecular formula is C20H19N3O4. The number of carbonyl (C=O) groups is 1. The van der Waals surface area contributed by atoms with Crippen molar-refractivity contribution in [2.75, 3.05) is 6.61 Å². The summed E-state index contributed by atoms with van der Waals surface area (Å²) in [5.74, 6) is -1.53. The number of para-hydroxylation sites is 1. The highest BCUT2D eigenvalue weighted by molar-refractivity contribution is 5.93. The van der Waals surface area contributed by atoms with Crippen molar-refractivity contribution in [2.45, 2.75) is 26.7 Å². The van der Waals surface area contributed by atoms with Gasteiger partial charge in [0, 0.05) is 5.56 Å². The fourth-order valence-electron chi connectivity index (χ4n) is 3.28. The van der Waals surface area contributed by atoms with Gasteiger partial charge in [-0.2, -0.15) is 5.26 Å². The number of nitrogens with two attached hydrogens (primary N) is 1. The first-order valence-corrected chi connectivity index (χ1v) is 8.47. The maximum Gasteiger partial charge on any atom is 0.338 e. The Morgan fingerprint density at radius 1 is 1.41 bits per heavy atom. The Morgan fingerprint density at radius 2 is 2.15 bits per heavy atom. The van der Waals surface area contributed by atoms with Crippen LogP contribution in [0.25, 0.3) is 10.9 Å². The monoisotopic (exact) mass is 365 g/mol. The molecule has 1 aliphatic rings. The van der Waals surface area contributed by atoms with E-state index in [0.717, 1.165) is 10.9 Å². The summed E-state index contributed by atoms with van der Waals surface area (Å²) in [5, 5.41) is 10.4. The first-order chi connectivity index (χ1) is 12.9. The van der Waals surface area contributed by atoms with Crippen molar-refractivity contribution in [3.8, 4) is 6.07 Å². The predicted octanol–water partition coefficient (Wildman–Crippen LogP) is 2.48. The quantitative estimate of drug-likeness (QED) is 0.807. The number of nitrogens with one attached hydrogen (secondary N) is 1. The van der Waals surface area contributed by atoms with Gasteiger partial charge < -0.3 is 20.2 Å². The van der Waals surface area contributed by atoms with E-state index in [4.69, 9.17) is 15.2 Å². The summed E-state index contributed by atoms with van der Waals surface area (Å²) in [7, 11) is 0. The summed E-state index contributed by atoms with van der Waals surface area (Å²) in [6, 6.07) is 9.25. The highest BCUT2D eigenvalue weighted by Gasteiger charge is 2.37. The van der Waals surface area contributed by atoms with Gasteiger partial charge in [0.25, 0.3) is 5.56 Å². The zero-order valence-electron chi connectivity index (χ0n) is 15.3. The molecule has 0 amide bonds. The van der Waals surface area contributed by atoms with Gasteiger partial charge in [-0.3, -0.25) is 4.79 Å². The third kappa shape index (κ3) is 3.06. The summed E-state index contributed by atoms with van der Waals surface area (Å²) in [6.45, 7) is 5.27. The number of fused-ring (bicyclic) bond motifs is 1. The topological polar surface area (TPSA) is 118 Å². The molecule has 0 saturated heterocycles. The van der Waals surface area contributed by atoms with Gasteiger partial charge in [0.05, 0.1) is 23.6 Å². The van der Waals surface area contributed by atoms with Crippen LogP contribution in [0.3, 0.4) is 0 Å². The standard InChI is InChI=1S/C20H19N3O4/c1-4-26-20(25)15-11(3)27-18(22)14(9-21)16(15)13-8-12-7-5-6-10(2)17(12)23-19(13)24/h5-8,16H,4,22H2,1-3H3,(H,23,24)/t16-/m0/s1. The minimum absolute atomic E-state index is 0.00107. The number of carbonyl (C=O) groups excluding carboxylic acids is 1. The summed E-state index contributed by atoms with van der Waals surface area (Å²) in [4.78, 5) is 28.2. The number of esters is 1. The number of aromatic nitrogens is 1. The smallest absolute Gasteiger partial charge is 0.338 e. The van der Waals surface area contributed by atoms with Gasteiger partial charge in [0.15, 0.2) is 0 Å². The summed E-state index contributed by atoms with van der Waals surface area (Å²) >= 11 is 0. The second-order valence-corrected chi connectivity index (χ2v) is 6.21. The number of pyridine rings is 1. The lowest BCUT2D eigenvalue weighted by molar-refractivity contribution is -0.139. The number of hydrogen-bond acceptors (Lipinski definition) is 6. The van der Waals surface area contributed by atoms with Crippen molar-refractivity contribution in [3.05, 3.63) is 68.5 Å². The number of ether oxygens (including phenoxy) is 2. The van der Waals surface area contributed by atoms with E-state index in [1.54, 1.807) is 19.9 Å². The minimum Gasteiger partial charge on any atom is -0.463 e. The minimum atomic E-state index is -0.962. The van der Waals surface area contributed by atoms with Crippen LogP contribution in [0.15, 0.2) is 51.8 Å². The van der Waals surface area contributed by atoms with E-state index >= 15 is 0 Å². The maximum atomic E-state index is 12.8. The van der Waals surface area contributed by atoms with E-state index in [1.165, 1.54) is 0 Å². The van der Waals surface area contributed by atoms with E-state index in [1.807, 2.05) is 31.2 Å². The zero-order chi connectivity index (χ0) is 19.7. The molecule has 2 heterocycles. The van der Waals surface area contributed by atoms with E-state index in [9.17, 15) is 14.9 Å². The molecule has 138 valence electrons. The van der Waals surface area contributed by atoms with Crippen LogP contribution in [0.4, 0.5) is 0 Å². The largest absolute Gasteiger partial charge is 0.463 e. The normalized spacial score (nSPS) is 16.9. The molecule has 7 heteroatoms. The summed E-state index contributed by atoms with van der Waals surface area (Å²) in [6.07, 6.45) is 0. The van der Waals surface area contributed by atoms with Gasteiger partial charge in [-0.15, -0.1) is 0 Å². The number of hydrogen-bond donors (Lipinski definition) is 2. The molecule has 0 bridgehead atoms. The molecule has 7 nitrogen and oxygen atoms in total. The average molecular weight is 365 g/mol. The number of rotatable bonds is 3. The van der Waals surface area contributed by atoms with Crippen LogP contribution in [-0.2, 0) is 14.3 Å². The number of allylic oxidation sites excluding steroid dienone is 2. The van der Waals surface area contributed by atoms with Crippen LogP contribution in [0, 0.1) is 18.3 Å². The number of aromatic amines is 1. The second kappa shape index (κ2) is 7.00. The molecule has 0 aliphatic carbocycles. The highest BCUT2D eigenvalue weighted by Crippen LogP contribution is 2.38. The molecule has 0 spiro atoms. The van der Waals surface area contributed by atoms with E-state index in [2.05, 4.69) is 4.98 Å². The summed E-state index contributed by atoms with van der Waals surface area (Å²) in [5.41, 5.74) is 7.41. The maximum absolute atomic E-state index is 12.8. The van der Waals surface area contributed by atoms with Crippen molar-refractivity contribution >= 4 is 16.9 Å². The molecule has 1 aliphatic heterocycles. The van der Waals surface area contributed by atoms with Crippen molar-refractivity contribution in [1.82, 2.24) is 4.98 Å². The Hall–Kier alpha value is -3.53. The Labute approximate surface area is 155 Å². The lowest BCUT2D eigenvalue weighted by atomic mass is 9.83. The van der Waals surface area contributed by atoms with Crippen molar-refractivity contribution in [2.24, 2.45) is 5.73 Å². The van der Waals surface area contributed by atoms with Crippen molar-refractivity contribution in [1.29, 1.82) is 5.26 Å². The fourth-order valence-corrected chi connectivity index (χ4v) is 3.28. The zero-order valence-corrected chi connectivity index (χ0v) is 15.3. The Balaban J connectivity index is 2.30. The Morgan fingerprint density at radius 3 is 2.81 bits per heavy atom. The van der Waals surface area contributed by atoms with Crippen LogP contribution in [0.1, 0.15) is 30.9 Å².